The minimum atomic E-state index is 0.568. The number of hydrogen-bond donors (Lipinski definition) is 0. The van der Waals surface area contributed by atoms with Crippen molar-refractivity contribution in [3.63, 3.8) is 0 Å². The second-order valence-electron chi connectivity index (χ2n) is 4.97. The maximum absolute atomic E-state index is 5.95. The van der Waals surface area contributed by atoms with Crippen LogP contribution in [0.1, 0.15) is 13.8 Å². The van der Waals surface area contributed by atoms with E-state index in [2.05, 4.69) is 4.98 Å². The smallest absolute Gasteiger partial charge is 0.307 e. The molecule has 0 amide bonds. The van der Waals surface area contributed by atoms with E-state index in [0.717, 1.165) is 22.5 Å². The molecule has 0 saturated heterocycles. The second kappa shape index (κ2) is 7.47. The van der Waals surface area contributed by atoms with Crippen LogP contribution in [0.25, 0.3) is 11.1 Å². The van der Waals surface area contributed by atoms with E-state index in [-0.39, 0.29) is 0 Å². The van der Waals surface area contributed by atoms with Crippen LogP contribution in [0, 0.1) is 0 Å². The van der Waals surface area contributed by atoms with Crippen molar-refractivity contribution in [1.82, 2.24) is 4.98 Å². The molecule has 0 saturated carbocycles. The zero-order chi connectivity index (χ0) is 16.8. The van der Waals surface area contributed by atoms with Gasteiger partial charge in [-0.1, -0.05) is 62.4 Å². The third-order valence-corrected chi connectivity index (χ3v) is 3.50. The molecule has 3 nitrogen and oxygen atoms in total. The maximum atomic E-state index is 5.95. The minimum Gasteiger partial charge on any atom is -0.423 e. The number of benzene rings is 3. The first-order valence-electron chi connectivity index (χ1n) is 8.17. The summed E-state index contributed by atoms with van der Waals surface area (Å²) in [4.78, 5) is 6.64. The zero-order valence-electron chi connectivity index (χ0n) is 13.9. The summed E-state index contributed by atoms with van der Waals surface area (Å²) in [5.41, 5.74) is 3.67. The van der Waals surface area contributed by atoms with Crippen molar-refractivity contribution in [2.24, 2.45) is 0 Å². The first-order chi connectivity index (χ1) is 11.9. The van der Waals surface area contributed by atoms with Crippen LogP contribution in [-0.2, 0) is 0 Å². The standard InChI is InChI=1S/C19H14N2O.C2H6/c1-3-9-15(10-4-1)21(16-11-5-2-6-12-16)19-20-17-13-7-8-14-18(17)22-19;1-2/h1-14H;1-2H3. The summed E-state index contributed by atoms with van der Waals surface area (Å²) in [6.07, 6.45) is 0. The van der Waals surface area contributed by atoms with Crippen LogP contribution in [0.4, 0.5) is 17.4 Å². The van der Waals surface area contributed by atoms with Crippen molar-refractivity contribution in [3.05, 3.63) is 84.9 Å². The summed E-state index contributed by atoms with van der Waals surface area (Å²) in [6, 6.07) is 28.6. The Morgan fingerprint density at radius 3 is 1.71 bits per heavy atom. The molecule has 1 aromatic heterocycles. The Bertz CT molecular complexity index is 813. The molecule has 120 valence electrons. The van der Waals surface area contributed by atoms with Gasteiger partial charge in [0, 0.05) is 0 Å². The predicted octanol–water partition coefficient (Wildman–Crippen LogP) is 6.32. The quantitative estimate of drug-likeness (QED) is 0.442. The molecule has 0 N–H and O–H groups in total. The highest BCUT2D eigenvalue weighted by Gasteiger charge is 2.17. The van der Waals surface area contributed by atoms with Crippen LogP contribution in [0.3, 0.4) is 0 Å². The van der Waals surface area contributed by atoms with Gasteiger partial charge in [0.15, 0.2) is 5.58 Å². The van der Waals surface area contributed by atoms with Crippen molar-refractivity contribution >= 4 is 28.5 Å². The average molecular weight is 316 g/mol. The molecule has 0 bridgehead atoms. The van der Waals surface area contributed by atoms with E-state index in [4.69, 9.17) is 4.42 Å². The molecule has 0 aliphatic rings. The van der Waals surface area contributed by atoms with Gasteiger partial charge in [-0.2, -0.15) is 4.98 Å². The number of aromatic nitrogens is 1. The van der Waals surface area contributed by atoms with E-state index >= 15 is 0 Å². The molecule has 4 aromatic rings. The number of para-hydroxylation sites is 4. The van der Waals surface area contributed by atoms with Gasteiger partial charge in [0.2, 0.25) is 0 Å². The molecule has 0 unspecified atom stereocenters. The number of rotatable bonds is 3. The lowest BCUT2D eigenvalue weighted by molar-refractivity contribution is 0.608. The molecular weight excluding hydrogens is 296 g/mol. The topological polar surface area (TPSA) is 29.3 Å². The van der Waals surface area contributed by atoms with Gasteiger partial charge in [0.1, 0.15) is 5.52 Å². The van der Waals surface area contributed by atoms with E-state index in [9.17, 15) is 0 Å². The summed E-state index contributed by atoms with van der Waals surface area (Å²) in [5, 5.41) is 0. The Labute approximate surface area is 142 Å². The molecule has 0 aliphatic carbocycles. The monoisotopic (exact) mass is 316 g/mol. The highest BCUT2D eigenvalue weighted by Crippen LogP contribution is 2.35. The Morgan fingerprint density at radius 2 is 1.17 bits per heavy atom. The summed E-state index contributed by atoms with van der Waals surface area (Å²) in [6.45, 7) is 4.00. The Hall–Kier alpha value is -3.07. The van der Waals surface area contributed by atoms with Gasteiger partial charge in [-0.05, 0) is 36.4 Å². The lowest BCUT2D eigenvalue weighted by Gasteiger charge is -2.20. The van der Waals surface area contributed by atoms with Gasteiger partial charge in [0.05, 0.1) is 11.4 Å². The van der Waals surface area contributed by atoms with E-state index < -0.39 is 0 Å². The van der Waals surface area contributed by atoms with E-state index in [1.54, 1.807) is 0 Å². The minimum absolute atomic E-state index is 0.568. The third kappa shape index (κ3) is 3.15. The predicted molar refractivity (Wildman–Crippen MR) is 100 cm³/mol. The van der Waals surface area contributed by atoms with Crippen LogP contribution in [0.5, 0.6) is 0 Å². The Balaban J connectivity index is 0.000000815. The summed E-state index contributed by atoms with van der Waals surface area (Å²) in [7, 11) is 0. The lowest BCUT2D eigenvalue weighted by atomic mass is 10.2. The van der Waals surface area contributed by atoms with Crippen LogP contribution in [0.15, 0.2) is 89.3 Å². The van der Waals surface area contributed by atoms with Crippen molar-refractivity contribution < 1.29 is 4.42 Å². The third-order valence-electron chi connectivity index (χ3n) is 3.50. The van der Waals surface area contributed by atoms with Gasteiger partial charge < -0.3 is 4.42 Å². The molecule has 24 heavy (non-hydrogen) atoms. The first-order valence-corrected chi connectivity index (χ1v) is 8.17. The molecule has 1 heterocycles. The molecule has 0 fully saturated rings. The van der Waals surface area contributed by atoms with Gasteiger partial charge >= 0.3 is 6.01 Å². The fraction of sp³-hybridized carbons (Fsp3) is 0.0952. The fourth-order valence-corrected chi connectivity index (χ4v) is 2.48. The average Bonchev–Trinajstić information content (AvgIpc) is 3.09. The van der Waals surface area contributed by atoms with E-state index in [1.807, 2.05) is 104 Å². The molecule has 3 heteroatoms. The van der Waals surface area contributed by atoms with Gasteiger partial charge in [-0.3, -0.25) is 4.90 Å². The lowest BCUT2D eigenvalue weighted by Crippen LogP contribution is -2.09. The Morgan fingerprint density at radius 1 is 0.667 bits per heavy atom. The van der Waals surface area contributed by atoms with E-state index in [1.165, 1.54) is 0 Å². The molecular formula is C21H20N2O. The van der Waals surface area contributed by atoms with Crippen molar-refractivity contribution in [3.8, 4) is 0 Å². The highest BCUT2D eigenvalue weighted by molar-refractivity contribution is 5.79. The van der Waals surface area contributed by atoms with E-state index in [0.29, 0.717) is 6.01 Å². The van der Waals surface area contributed by atoms with Crippen molar-refractivity contribution in [2.75, 3.05) is 4.90 Å². The maximum Gasteiger partial charge on any atom is 0.307 e. The normalized spacial score (nSPS) is 10.1. The first kappa shape index (κ1) is 15.8. The fourth-order valence-electron chi connectivity index (χ4n) is 2.48. The van der Waals surface area contributed by atoms with Crippen molar-refractivity contribution in [2.45, 2.75) is 13.8 Å². The summed E-state index contributed by atoms with van der Waals surface area (Å²) >= 11 is 0. The van der Waals surface area contributed by atoms with Crippen LogP contribution in [0.2, 0.25) is 0 Å². The van der Waals surface area contributed by atoms with Gasteiger partial charge in [-0.15, -0.1) is 0 Å². The molecule has 3 aromatic carbocycles. The van der Waals surface area contributed by atoms with Gasteiger partial charge in [0.25, 0.3) is 0 Å². The number of hydrogen-bond acceptors (Lipinski definition) is 3. The molecule has 0 spiro atoms. The summed E-state index contributed by atoms with van der Waals surface area (Å²) in [5.74, 6) is 0. The SMILES string of the molecule is CC.c1ccc(N(c2ccccc2)c2nc3ccccc3o2)cc1. The molecule has 0 atom stereocenters. The zero-order valence-corrected chi connectivity index (χ0v) is 13.9. The molecule has 4 rings (SSSR count). The number of oxazole rings is 1. The van der Waals surface area contributed by atoms with Crippen LogP contribution < -0.4 is 4.90 Å². The molecule has 0 aliphatic heterocycles. The summed E-state index contributed by atoms with van der Waals surface area (Å²) < 4.78 is 5.95. The molecule has 0 radical (unpaired) electrons. The van der Waals surface area contributed by atoms with Crippen LogP contribution >= 0.6 is 0 Å². The van der Waals surface area contributed by atoms with Crippen LogP contribution in [-0.4, -0.2) is 4.98 Å². The second-order valence-corrected chi connectivity index (χ2v) is 4.97. The largest absolute Gasteiger partial charge is 0.423 e. The number of fused-ring (bicyclic) bond motifs is 1. The van der Waals surface area contributed by atoms with Crippen molar-refractivity contribution in [1.29, 1.82) is 0 Å². The Kier molecular flexibility index (Phi) is 4.92. The number of anilines is 3. The highest BCUT2D eigenvalue weighted by atomic mass is 16.4. The number of nitrogens with zero attached hydrogens (tertiary/aromatic N) is 2. The van der Waals surface area contributed by atoms with Gasteiger partial charge in [-0.25, -0.2) is 0 Å².